The van der Waals surface area contributed by atoms with E-state index in [9.17, 15) is 23.1 Å². The van der Waals surface area contributed by atoms with Crippen molar-refractivity contribution in [2.45, 2.75) is 55.8 Å². The molecule has 1 unspecified atom stereocenters. The summed E-state index contributed by atoms with van der Waals surface area (Å²) in [4.78, 5) is 26.3. The molecule has 11 nitrogen and oxygen atoms in total. The topological polar surface area (TPSA) is 149 Å². The van der Waals surface area contributed by atoms with Crippen molar-refractivity contribution in [2.24, 2.45) is 5.92 Å². The summed E-state index contributed by atoms with van der Waals surface area (Å²) >= 11 is 0. The van der Waals surface area contributed by atoms with Crippen LogP contribution >= 0.6 is 0 Å². The summed E-state index contributed by atoms with van der Waals surface area (Å²) in [6.07, 6.45) is -0.0140. The second kappa shape index (κ2) is 17.4. The Hall–Kier alpha value is -3.81. The molecule has 0 saturated carbocycles. The number of hydrogen-bond acceptors (Lipinski definition) is 8. The van der Waals surface area contributed by atoms with Crippen LogP contribution in [0.4, 0.5) is 4.79 Å². The van der Waals surface area contributed by atoms with Gasteiger partial charge in [0.2, 0.25) is 15.9 Å². The quantitative estimate of drug-likeness (QED) is 0.147. The number of ether oxygens (including phenoxy) is 1. The third-order valence-corrected chi connectivity index (χ3v) is 10.4. The van der Waals surface area contributed by atoms with E-state index >= 15 is 0 Å². The van der Waals surface area contributed by atoms with Gasteiger partial charge in [0, 0.05) is 44.7 Å². The Morgan fingerprint density at radius 1 is 0.936 bits per heavy atom. The van der Waals surface area contributed by atoms with E-state index in [-0.39, 0.29) is 36.0 Å². The summed E-state index contributed by atoms with van der Waals surface area (Å²) in [5, 5.41) is 21.9. The Bertz CT molecular complexity index is 1480. The number of sulfonamides is 1. The van der Waals surface area contributed by atoms with Crippen LogP contribution in [0, 0.1) is 5.92 Å². The maximum Gasteiger partial charge on any atom is 0.407 e. The number of hydrogen-bond donors (Lipinski definition) is 5. The standard InChI is InChI=1S/C35H47N5O6S/c1-25(2)18-21-40(47(44,45)29-16-14-26(24-41)15-17-29)31-23-36-22-30(31)37-19-20-38-34(42)33(39-35(43)46-3)32(27-10-6-4-7-11-27)28-12-8-5-9-13-28/h4-17,25,30-33,36-37,41H,18-24H2,1-3H3,(H,38,42)(H,39,43)/t30-,31-,33?/m1/s1. The zero-order chi connectivity index (χ0) is 33.8. The number of carbonyl (C=O) groups is 2. The number of nitrogens with one attached hydrogen (secondary N) is 4. The van der Waals surface area contributed by atoms with Gasteiger partial charge in [0.25, 0.3) is 0 Å². The average molecular weight is 666 g/mol. The van der Waals surface area contributed by atoms with Crippen LogP contribution in [-0.4, -0.2) is 87.8 Å². The SMILES string of the molecule is COC(=O)NC(C(=O)NCCN[C@@H]1CNC[C@H]1N(CCC(C)C)S(=O)(=O)c1ccc(CO)cc1)C(c1ccccc1)c1ccccc1. The normalized spacial score (nSPS) is 17.2. The van der Waals surface area contributed by atoms with E-state index in [2.05, 4.69) is 35.1 Å². The number of aliphatic hydroxyl groups is 1. The first kappa shape index (κ1) is 36.0. The summed E-state index contributed by atoms with van der Waals surface area (Å²) in [7, 11) is -2.56. The van der Waals surface area contributed by atoms with Gasteiger partial charge in [-0.1, -0.05) is 86.6 Å². The molecule has 0 bridgehead atoms. The lowest BCUT2D eigenvalue weighted by Crippen LogP contribution is -2.54. The Morgan fingerprint density at radius 2 is 1.55 bits per heavy atom. The molecule has 4 rings (SSSR count). The molecule has 0 spiro atoms. The molecule has 1 aliphatic heterocycles. The molecular formula is C35H47N5O6S. The van der Waals surface area contributed by atoms with E-state index in [1.54, 1.807) is 28.6 Å². The van der Waals surface area contributed by atoms with Crippen LogP contribution in [0.15, 0.2) is 89.8 Å². The van der Waals surface area contributed by atoms with E-state index < -0.39 is 28.1 Å². The Balaban J connectivity index is 1.46. The summed E-state index contributed by atoms with van der Waals surface area (Å²) in [5.41, 5.74) is 2.37. The largest absolute Gasteiger partial charge is 0.453 e. The van der Waals surface area contributed by atoms with Gasteiger partial charge in [-0.3, -0.25) is 4.79 Å². The number of alkyl carbamates (subject to hydrolysis) is 1. The monoisotopic (exact) mass is 665 g/mol. The van der Waals surface area contributed by atoms with Gasteiger partial charge in [-0.05, 0) is 41.2 Å². The second-order valence-corrected chi connectivity index (χ2v) is 14.0. The number of nitrogens with zero attached hydrogens (tertiary/aromatic N) is 1. The lowest BCUT2D eigenvalue weighted by molar-refractivity contribution is -0.123. The minimum absolute atomic E-state index is 0.162. The summed E-state index contributed by atoms with van der Waals surface area (Å²) in [5.74, 6) is -0.537. The van der Waals surface area contributed by atoms with Gasteiger partial charge in [0.05, 0.1) is 24.7 Å². The second-order valence-electron chi connectivity index (χ2n) is 12.1. The van der Waals surface area contributed by atoms with E-state index in [0.717, 1.165) is 11.1 Å². The molecule has 2 amide bonds. The van der Waals surface area contributed by atoms with Crippen LogP contribution in [0.25, 0.3) is 0 Å². The van der Waals surface area contributed by atoms with Gasteiger partial charge >= 0.3 is 6.09 Å². The fourth-order valence-electron chi connectivity index (χ4n) is 5.87. The Kier molecular flexibility index (Phi) is 13.3. The number of methoxy groups -OCH3 is 1. The lowest BCUT2D eigenvalue weighted by atomic mass is 9.84. The van der Waals surface area contributed by atoms with Crippen molar-refractivity contribution >= 4 is 22.0 Å². The summed E-state index contributed by atoms with van der Waals surface area (Å²) in [6.45, 7) is 6.01. The molecule has 47 heavy (non-hydrogen) atoms. The third kappa shape index (κ3) is 9.61. The number of amides is 2. The molecule has 3 atom stereocenters. The fourth-order valence-corrected chi connectivity index (χ4v) is 7.54. The first-order valence-corrected chi connectivity index (χ1v) is 17.5. The predicted molar refractivity (Wildman–Crippen MR) is 181 cm³/mol. The molecule has 0 radical (unpaired) electrons. The van der Waals surface area contributed by atoms with Crippen molar-refractivity contribution < 1.29 is 27.9 Å². The zero-order valence-electron chi connectivity index (χ0n) is 27.3. The predicted octanol–water partition coefficient (Wildman–Crippen LogP) is 2.82. The van der Waals surface area contributed by atoms with Crippen molar-refractivity contribution in [3.63, 3.8) is 0 Å². The Morgan fingerprint density at radius 3 is 2.11 bits per heavy atom. The minimum atomic E-state index is -3.82. The van der Waals surface area contributed by atoms with Gasteiger partial charge in [-0.15, -0.1) is 0 Å². The van der Waals surface area contributed by atoms with Crippen LogP contribution in [-0.2, 0) is 26.2 Å². The molecule has 0 aromatic heterocycles. The zero-order valence-corrected chi connectivity index (χ0v) is 28.1. The van der Waals surface area contributed by atoms with Crippen molar-refractivity contribution in [1.29, 1.82) is 0 Å². The molecule has 1 aliphatic rings. The van der Waals surface area contributed by atoms with Gasteiger partial charge in [-0.25, -0.2) is 13.2 Å². The van der Waals surface area contributed by atoms with E-state index in [1.807, 2.05) is 60.7 Å². The van der Waals surface area contributed by atoms with E-state index in [1.165, 1.54) is 7.11 Å². The first-order valence-electron chi connectivity index (χ1n) is 16.0. The van der Waals surface area contributed by atoms with Gasteiger partial charge in [0.1, 0.15) is 6.04 Å². The van der Waals surface area contributed by atoms with Crippen molar-refractivity contribution in [1.82, 2.24) is 25.6 Å². The van der Waals surface area contributed by atoms with Crippen molar-refractivity contribution in [3.05, 3.63) is 102 Å². The highest BCUT2D eigenvalue weighted by molar-refractivity contribution is 7.89. The summed E-state index contributed by atoms with van der Waals surface area (Å²) in [6, 6.07) is 23.9. The molecule has 3 aromatic carbocycles. The highest BCUT2D eigenvalue weighted by Gasteiger charge is 2.39. The average Bonchev–Trinajstić information content (AvgIpc) is 3.54. The number of carbonyl (C=O) groups excluding carboxylic acids is 2. The smallest absolute Gasteiger partial charge is 0.407 e. The number of rotatable bonds is 16. The molecule has 254 valence electrons. The van der Waals surface area contributed by atoms with Crippen LogP contribution in [0.5, 0.6) is 0 Å². The summed E-state index contributed by atoms with van der Waals surface area (Å²) < 4.78 is 34.2. The van der Waals surface area contributed by atoms with Crippen molar-refractivity contribution in [2.75, 3.05) is 39.8 Å². The van der Waals surface area contributed by atoms with Crippen LogP contribution in [0.3, 0.4) is 0 Å². The molecular weight excluding hydrogens is 618 g/mol. The van der Waals surface area contributed by atoms with Crippen molar-refractivity contribution in [3.8, 4) is 0 Å². The molecule has 3 aromatic rings. The molecule has 0 aliphatic carbocycles. The third-order valence-electron chi connectivity index (χ3n) is 8.41. The maximum atomic E-state index is 13.9. The Labute approximate surface area is 278 Å². The van der Waals surface area contributed by atoms with Gasteiger partial charge in [-0.2, -0.15) is 4.31 Å². The maximum absolute atomic E-state index is 13.9. The number of benzene rings is 3. The highest BCUT2D eigenvalue weighted by Crippen LogP contribution is 2.29. The van der Waals surface area contributed by atoms with E-state index in [4.69, 9.17) is 4.74 Å². The fraction of sp³-hybridized carbons (Fsp3) is 0.429. The molecule has 12 heteroatoms. The van der Waals surface area contributed by atoms with Crippen LogP contribution in [0.2, 0.25) is 0 Å². The number of aliphatic hydroxyl groups excluding tert-OH is 1. The molecule has 1 saturated heterocycles. The lowest BCUT2D eigenvalue weighted by Gasteiger charge is -2.32. The highest BCUT2D eigenvalue weighted by atomic mass is 32.2. The van der Waals surface area contributed by atoms with Crippen LogP contribution in [0.1, 0.15) is 42.9 Å². The van der Waals surface area contributed by atoms with Gasteiger partial charge < -0.3 is 31.1 Å². The van der Waals surface area contributed by atoms with Crippen LogP contribution < -0.4 is 21.3 Å². The molecule has 1 heterocycles. The minimum Gasteiger partial charge on any atom is -0.453 e. The van der Waals surface area contributed by atoms with Gasteiger partial charge in [0.15, 0.2) is 0 Å². The van der Waals surface area contributed by atoms with E-state index in [0.29, 0.717) is 44.1 Å². The molecule has 5 N–H and O–H groups in total. The first-order chi connectivity index (χ1) is 22.6. The molecule has 1 fully saturated rings.